The molecule has 4 nitrogen and oxygen atoms in total. The zero-order valence-electron chi connectivity index (χ0n) is 9.88. The molecule has 0 atom stereocenters. The van der Waals surface area contributed by atoms with E-state index in [1.54, 1.807) is 6.92 Å². The topological polar surface area (TPSA) is 52.6 Å². The highest BCUT2D eigenvalue weighted by Crippen LogP contribution is 2.17. The monoisotopic (exact) mass is 226 g/mol. The van der Waals surface area contributed by atoms with Gasteiger partial charge in [0.05, 0.1) is 12.2 Å². The molecule has 90 valence electrons. The average Bonchev–Trinajstić information content (AvgIpc) is 2.49. The molecule has 0 fully saturated rings. The zero-order chi connectivity index (χ0) is 12.0. The third-order valence-electron chi connectivity index (χ3n) is 2.58. The van der Waals surface area contributed by atoms with Crippen molar-refractivity contribution in [2.45, 2.75) is 39.5 Å². The van der Waals surface area contributed by atoms with Crippen molar-refractivity contribution in [2.75, 3.05) is 13.2 Å². The summed E-state index contributed by atoms with van der Waals surface area (Å²) in [6, 6.07) is 0. The van der Waals surface area contributed by atoms with Crippen molar-refractivity contribution in [3.05, 3.63) is 11.1 Å². The van der Waals surface area contributed by atoms with Crippen LogP contribution in [-0.4, -0.2) is 25.2 Å². The van der Waals surface area contributed by atoms with E-state index in [9.17, 15) is 9.59 Å². The molecule has 0 aromatic heterocycles. The number of carbonyl (C=O) groups excluding carboxylic acids is 2. The number of rotatable bonds is 7. The molecule has 0 saturated carbocycles. The van der Waals surface area contributed by atoms with Crippen LogP contribution >= 0.6 is 0 Å². The predicted molar refractivity (Wildman–Crippen MR) is 58.8 cm³/mol. The lowest BCUT2D eigenvalue weighted by molar-refractivity contribution is -0.151. The maximum absolute atomic E-state index is 11.2. The van der Waals surface area contributed by atoms with Gasteiger partial charge in [0.25, 0.3) is 0 Å². The van der Waals surface area contributed by atoms with Gasteiger partial charge in [-0.25, -0.2) is 9.59 Å². The smallest absolute Gasteiger partial charge is 0.344 e. The van der Waals surface area contributed by atoms with E-state index < -0.39 is 11.9 Å². The second-order valence-corrected chi connectivity index (χ2v) is 3.89. The molecule has 1 heterocycles. The van der Waals surface area contributed by atoms with Crippen molar-refractivity contribution in [2.24, 2.45) is 0 Å². The highest BCUT2D eigenvalue weighted by molar-refractivity contribution is 6.12. The molecule has 0 radical (unpaired) electrons. The van der Waals surface area contributed by atoms with Gasteiger partial charge in [0, 0.05) is 12.2 Å². The molecule has 0 bridgehead atoms. The first kappa shape index (κ1) is 12.9. The molecule has 16 heavy (non-hydrogen) atoms. The van der Waals surface area contributed by atoms with E-state index >= 15 is 0 Å². The Morgan fingerprint density at radius 3 is 2.44 bits per heavy atom. The normalized spacial score (nSPS) is 15.9. The van der Waals surface area contributed by atoms with Gasteiger partial charge in [-0.15, -0.1) is 0 Å². The third kappa shape index (κ3) is 3.45. The van der Waals surface area contributed by atoms with Crippen LogP contribution in [0.25, 0.3) is 0 Å². The van der Waals surface area contributed by atoms with Crippen LogP contribution in [0.3, 0.4) is 0 Å². The summed E-state index contributed by atoms with van der Waals surface area (Å²) in [5, 5.41) is 0. The van der Waals surface area contributed by atoms with E-state index in [1.807, 2.05) is 0 Å². The maximum Gasteiger partial charge on any atom is 0.344 e. The molecule has 0 aromatic rings. The first-order chi connectivity index (χ1) is 7.66. The summed E-state index contributed by atoms with van der Waals surface area (Å²) in [6.45, 7) is 4.54. The van der Waals surface area contributed by atoms with Crippen molar-refractivity contribution in [1.29, 1.82) is 0 Å². The molecule has 0 N–H and O–H groups in total. The van der Waals surface area contributed by atoms with Crippen LogP contribution in [0.4, 0.5) is 0 Å². The van der Waals surface area contributed by atoms with Crippen molar-refractivity contribution < 1.29 is 19.1 Å². The summed E-state index contributed by atoms with van der Waals surface area (Å²) in [5.74, 6) is -1.11. The van der Waals surface area contributed by atoms with Gasteiger partial charge >= 0.3 is 11.9 Å². The molecule has 0 unspecified atom stereocenters. The minimum Gasteiger partial charge on any atom is -0.386 e. The number of carbonyl (C=O) groups is 2. The highest BCUT2D eigenvalue weighted by atomic mass is 16.6. The predicted octanol–water partition coefficient (Wildman–Crippen LogP) is 1.98. The van der Waals surface area contributed by atoms with Crippen molar-refractivity contribution in [3.8, 4) is 0 Å². The van der Waals surface area contributed by atoms with E-state index in [0.29, 0.717) is 17.8 Å². The zero-order valence-corrected chi connectivity index (χ0v) is 9.88. The Labute approximate surface area is 95.6 Å². The minimum atomic E-state index is -0.559. The lowest BCUT2D eigenvalue weighted by Gasteiger charge is -2.03. The van der Waals surface area contributed by atoms with E-state index in [2.05, 4.69) is 11.7 Å². The molecule has 1 rings (SSSR count). The molecule has 0 saturated heterocycles. The van der Waals surface area contributed by atoms with Gasteiger partial charge < -0.3 is 9.47 Å². The fourth-order valence-corrected chi connectivity index (χ4v) is 1.47. The van der Waals surface area contributed by atoms with Crippen molar-refractivity contribution >= 4 is 11.9 Å². The standard InChI is InChI=1S/C12H18O4/c1-3-4-5-6-7-15-8-10-9(2)11(13)16-12(10)14/h3-8H2,1-2H3. The molecular formula is C12H18O4. The second-order valence-electron chi connectivity index (χ2n) is 3.89. The second kappa shape index (κ2) is 6.43. The van der Waals surface area contributed by atoms with Crippen LogP contribution < -0.4 is 0 Å². The number of unbranched alkanes of at least 4 members (excludes halogenated alkanes) is 3. The molecule has 0 spiro atoms. The van der Waals surface area contributed by atoms with Crippen molar-refractivity contribution in [3.63, 3.8) is 0 Å². The molecule has 4 heteroatoms. The quantitative estimate of drug-likeness (QED) is 0.378. The first-order valence-electron chi connectivity index (χ1n) is 5.70. The third-order valence-corrected chi connectivity index (χ3v) is 2.58. The summed E-state index contributed by atoms with van der Waals surface area (Å²) in [5.41, 5.74) is 0.735. The van der Waals surface area contributed by atoms with E-state index in [4.69, 9.17) is 4.74 Å². The van der Waals surface area contributed by atoms with Gasteiger partial charge in [0.15, 0.2) is 0 Å². The molecule has 0 amide bonds. The Morgan fingerprint density at radius 2 is 1.88 bits per heavy atom. The highest BCUT2D eigenvalue weighted by Gasteiger charge is 2.29. The Bertz CT molecular complexity index is 304. The Kier molecular flexibility index (Phi) is 5.19. The van der Waals surface area contributed by atoms with Gasteiger partial charge in [0.2, 0.25) is 0 Å². The van der Waals surface area contributed by atoms with Crippen LogP contribution in [-0.2, 0) is 19.1 Å². The summed E-state index contributed by atoms with van der Waals surface area (Å²) >= 11 is 0. The van der Waals surface area contributed by atoms with Crippen LogP contribution in [0.5, 0.6) is 0 Å². The maximum atomic E-state index is 11.2. The van der Waals surface area contributed by atoms with E-state index in [0.717, 1.165) is 12.8 Å². The number of ether oxygens (including phenoxy) is 2. The number of hydrogen-bond acceptors (Lipinski definition) is 4. The lowest BCUT2D eigenvalue weighted by atomic mass is 10.2. The van der Waals surface area contributed by atoms with Gasteiger partial charge in [0.1, 0.15) is 0 Å². The molecule has 0 aliphatic carbocycles. The Morgan fingerprint density at radius 1 is 1.12 bits per heavy atom. The Balaban J connectivity index is 2.22. The lowest BCUT2D eigenvalue weighted by Crippen LogP contribution is -2.07. The van der Waals surface area contributed by atoms with Crippen LogP contribution in [0, 0.1) is 0 Å². The van der Waals surface area contributed by atoms with E-state index in [-0.39, 0.29) is 6.61 Å². The van der Waals surface area contributed by atoms with E-state index in [1.165, 1.54) is 12.8 Å². The molecule has 0 aromatic carbocycles. The first-order valence-corrected chi connectivity index (χ1v) is 5.70. The molecule has 1 aliphatic heterocycles. The summed E-state index contributed by atoms with van der Waals surface area (Å²) in [7, 11) is 0. The summed E-state index contributed by atoms with van der Waals surface area (Å²) < 4.78 is 9.79. The average molecular weight is 226 g/mol. The van der Waals surface area contributed by atoms with Crippen LogP contribution in [0.2, 0.25) is 0 Å². The minimum absolute atomic E-state index is 0.183. The fourth-order valence-electron chi connectivity index (χ4n) is 1.47. The SMILES string of the molecule is CCCCCCOCC1=C(C)C(=O)OC1=O. The van der Waals surface area contributed by atoms with Gasteiger partial charge in [-0.05, 0) is 13.3 Å². The summed E-state index contributed by atoms with van der Waals surface area (Å²) in [4.78, 5) is 22.2. The number of hydrogen-bond donors (Lipinski definition) is 0. The van der Waals surface area contributed by atoms with Crippen LogP contribution in [0.15, 0.2) is 11.1 Å². The van der Waals surface area contributed by atoms with Gasteiger partial charge in [-0.1, -0.05) is 26.2 Å². The summed E-state index contributed by atoms with van der Waals surface area (Å²) in [6.07, 6.45) is 4.51. The number of esters is 2. The Hall–Kier alpha value is -1.16. The van der Waals surface area contributed by atoms with Crippen molar-refractivity contribution in [1.82, 2.24) is 0 Å². The van der Waals surface area contributed by atoms with Crippen LogP contribution in [0.1, 0.15) is 39.5 Å². The van der Waals surface area contributed by atoms with Gasteiger partial charge in [-0.2, -0.15) is 0 Å². The molecule has 1 aliphatic rings. The van der Waals surface area contributed by atoms with Gasteiger partial charge in [-0.3, -0.25) is 0 Å². The molecular weight excluding hydrogens is 208 g/mol. The fraction of sp³-hybridized carbons (Fsp3) is 0.667. The largest absolute Gasteiger partial charge is 0.386 e. The number of cyclic esters (lactones) is 2.